The number of rotatable bonds is 2. The Bertz CT molecular complexity index is 503. The lowest BCUT2D eigenvalue weighted by atomic mass is 9.91. The quantitative estimate of drug-likeness (QED) is 0.842. The summed E-state index contributed by atoms with van der Waals surface area (Å²) in [5.41, 5.74) is 7.47. The summed E-state index contributed by atoms with van der Waals surface area (Å²) in [6.07, 6.45) is 6.39. The third-order valence-corrected chi connectivity index (χ3v) is 4.75. The fourth-order valence-corrected chi connectivity index (χ4v) is 3.87. The van der Waals surface area contributed by atoms with Crippen LogP contribution in [0.25, 0.3) is 0 Å². The Kier molecular flexibility index (Phi) is 3.44. The molecule has 1 aromatic carbocycles. The number of nitrogens with two attached hydrogens (primary N) is 1. The van der Waals surface area contributed by atoms with Crippen LogP contribution in [0.4, 0.5) is 10.1 Å². The van der Waals surface area contributed by atoms with Gasteiger partial charge in [0.2, 0.25) is 0 Å². The zero-order chi connectivity index (χ0) is 13.4. The van der Waals surface area contributed by atoms with E-state index in [1.165, 1.54) is 44.2 Å². The number of benzene rings is 1. The van der Waals surface area contributed by atoms with Gasteiger partial charge in [-0.3, -0.25) is 0 Å². The van der Waals surface area contributed by atoms with Gasteiger partial charge in [0, 0.05) is 23.8 Å². The molecule has 1 saturated carbocycles. The molecule has 1 aliphatic carbocycles. The Morgan fingerprint density at radius 3 is 2.84 bits per heavy atom. The van der Waals surface area contributed by atoms with Gasteiger partial charge in [-0.15, -0.1) is 0 Å². The molecule has 1 aromatic rings. The molecule has 1 heterocycles. The average Bonchev–Trinajstić information content (AvgIpc) is 2.86. The molecule has 102 valence electrons. The van der Waals surface area contributed by atoms with Crippen molar-refractivity contribution < 1.29 is 4.39 Å². The first kappa shape index (κ1) is 12.9. The molecule has 1 aliphatic heterocycles. The zero-order valence-electron chi connectivity index (χ0n) is 10.9. The summed E-state index contributed by atoms with van der Waals surface area (Å²) in [5.74, 6) is 0.518. The van der Waals surface area contributed by atoms with Crippen LogP contribution in [0.3, 0.4) is 0 Å². The lowest BCUT2D eigenvalue weighted by Gasteiger charge is -2.40. The van der Waals surface area contributed by atoms with Crippen molar-refractivity contribution in [1.82, 2.24) is 0 Å². The largest absolute Gasteiger partial charge is 0.389 e. The summed E-state index contributed by atoms with van der Waals surface area (Å²) >= 11 is 5.08. The maximum Gasteiger partial charge on any atom is 0.124 e. The zero-order valence-corrected chi connectivity index (χ0v) is 11.8. The number of piperidine rings is 1. The lowest BCUT2D eigenvalue weighted by Crippen LogP contribution is -2.43. The summed E-state index contributed by atoms with van der Waals surface area (Å²) in [5, 5.41) is 0. The summed E-state index contributed by atoms with van der Waals surface area (Å²) in [6, 6.07) is 5.41. The van der Waals surface area contributed by atoms with E-state index in [4.69, 9.17) is 18.0 Å². The molecule has 1 saturated heterocycles. The monoisotopic (exact) mass is 278 g/mol. The van der Waals surface area contributed by atoms with Crippen LogP contribution in [0, 0.1) is 11.7 Å². The number of hydrogen-bond acceptors (Lipinski definition) is 2. The molecule has 2 fully saturated rings. The number of anilines is 1. The number of hydrogen-bond donors (Lipinski definition) is 1. The van der Waals surface area contributed by atoms with Crippen LogP contribution >= 0.6 is 12.2 Å². The molecule has 2 aliphatic rings. The van der Waals surface area contributed by atoms with Crippen LogP contribution in [-0.4, -0.2) is 17.6 Å². The van der Waals surface area contributed by atoms with Gasteiger partial charge >= 0.3 is 0 Å². The van der Waals surface area contributed by atoms with Gasteiger partial charge in [-0.25, -0.2) is 4.39 Å². The molecule has 4 heteroatoms. The summed E-state index contributed by atoms with van der Waals surface area (Å²) < 4.78 is 13.4. The standard InChI is InChI=1S/C15H19FN2S/c16-11-6-7-14(12(9-11)15(17)19)18-8-2-4-10-3-1-5-13(10)18/h6-7,9-10,13H,1-5,8H2,(H2,17,19). The van der Waals surface area contributed by atoms with Crippen LogP contribution in [0.1, 0.15) is 37.7 Å². The van der Waals surface area contributed by atoms with E-state index in [1.807, 2.05) is 6.07 Å². The van der Waals surface area contributed by atoms with Crippen molar-refractivity contribution in [2.24, 2.45) is 11.7 Å². The van der Waals surface area contributed by atoms with E-state index in [0.29, 0.717) is 11.6 Å². The normalized spacial score (nSPS) is 26.3. The van der Waals surface area contributed by atoms with Crippen molar-refractivity contribution in [3.8, 4) is 0 Å². The number of fused-ring (bicyclic) bond motifs is 1. The molecule has 19 heavy (non-hydrogen) atoms. The molecule has 3 rings (SSSR count). The molecular weight excluding hydrogens is 259 g/mol. The third kappa shape index (κ3) is 2.34. The Labute approximate surface area is 118 Å². The van der Waals surface area contributed by atoms with E-state index in [1.54, 1.807) is 0 Å². The first-order chi connectivity index (χ1) is 9.16. The van der Waals surface area contributed by atoms with E-state index in [0.717, 1.165) is 18.2 Å². The molecule has 2 atom stereocenters. The second-order valence-corrected chi connectivity index (χ2v) is 6.06. The van der Waals surface area contributed by atoms with Gasteiger partial charge in [0.05, 0.1) is 0 Å². The lowest BCUT2D eigenvalue weighted by molar-refractivity contribution is 0.362. The predicted molar refractivity (Wildman–Crippen MR) is 80.0 cm³/mol. The van der Waals surface area contributed by atoms with Crippen LogP contribution in [0.15, 0.2) is 18.2 Å². The first-order valence-electron chi connectivity index (χ1n) is 7.03. The van der Waals surface area contributed by atoms with Crippen molar-refractivity contribution in [1.29, 1.82) is 0 Å². The third-order valence-electron chi connectivity index (χ3n) is 4.53. The highest BCUT2D eigenvalue weighted by molar-refractivity contribution is 7.80. The number of halogens is 1. The number of nitrogens with zero attached hydrogens (tertiary/aromatic N) is 1. The van der Waals surface area contributed by atoms with Gasteiger partial charge in [-0.1, -0.05) is 18.6 Å². The van der Waals surface area contributed by atoms with E-state index in [9.17, 15) is 4.39 Å². The van der Waals surface area contributed by atoms with Gasteiger partial charge < -0.3 is 10.6 Å². The number of thiocarbonyl (C=S) groups is 1. The van der Waals surface area contributed by atoms with Gasteiger partial charge in [-0.05, 0) is 49.8 Å². The van der Waals surface area contributed by atoms with Gasteiger partial charge in [0.1, 0.15) is 10.8 Å². The Morgan fingerprint density at radius 2 is 2.05 bits per heavy atom. The minimum Gasteiger partial charge on any atom is -0.389 e. The molecule has 0 spiro atoms. The average molecular weight is 278 g/mol. The highest BCUT2D eigenvalue weighted by atomic mass is 32.1. The molecule has 2 N–H and O–H groups in total. The Balaban J connectivity index is 1.98. The van der Waals surface area contributed by atoms with E-state index in [-0.39, 0.29) is 10.8 Å². The molecule has 0 aromatic heterocycles. The van der Waals surface area contributed by atoms with Gasteiger partial charge in [0.25, 0.3) is 0 Å². The Hall–Kier alpha value is -1.16. The Morgan fingerprint density at radius 1 is 1.26 bits per heavy atom. The summed E-state index contributed by atoms with van der Waals surface area (Å²) in [7, 11) is 0. The van der Waals surface area contributed by atoms with Crippen LogP contribution < -0.4 is 10.6 Å². The van der Waals surface area contributed by atoms with Crippen molar-refractivity contribution in [3.05, 3.63) is 29.6 Å². The second-order valence-electron chi connectivity index (χ2n) is 5.62. The highest BCUT2D eigenvalue weighted by Gasteiger charge is 2.35. The molecule has 0 radical (unpaired) electrons. The van der Waals surface area contributed by atoms with E-state index < -0.39 is 0 Å². The minimum absolute atomic E-state index is 0.272. The topological polar surface area (TPSA) is 29.3 Å². The smallest absolute Gasteiger partial charge is 0.124 e. The fraction of sp³-hybridized carbons (Fsp3) is 0.533. The molecular formula is C15H19FN2S. The first-order valence-corrected chi connectivity index (χ1v) is 7.43. The van der Waals surface area contributed by atoms with E-state index >= 15 is 0 Å². The van der Waals surface area contributed by atoms with Crippen molar-refractivity contribution in [2.75, 3.05) is 11.4 Å². The maximum absolute atomic E-state index is 13.4. The summed E-state index contributed by atoms with van der Waals surface area (Å²) in [4.78, 5) is 2.70. The van der Waals surface area contributed by atoms with Gasteiger partial charge in [0.15, 0.2) is 0 Å². The summed E-state index contributed by atoms with van der Waals surface area (Å²) in [6.45, 7) is 1.03. The molecule has 2 unspecified atom stereocenters. The van der Waals surface area contributed by atoms with E-state index in [2.05, 4.69) is 4.90 Å². The van der Waals surface area contributed by atoms with Crippen molar-refractivity contribution in [3.63, 3.8) is 0 Å². The molecule has 0 amide bonds. The van der Waals surface area contributed by atoms with Crippen LogP contribution in [0.2, 0.25) is 0 Å². The maximum atomic E-state index is 13.4. The van der Waals surface area contributed by atoms with Crippen molar-refractivity contribution >= 4 is 22.9 Å². The highest BCUT2D eigenvalue weighted by Crippen LogP contribution is 2.40. The molecule has 2 nitrogen and oxygen atoms in total. The van der Waals surface area contributed by atoms with Crippen LogP contribution in [-0.2, 0) is 0 Å². The SMILES string of the molecule is NC(=S)c1cc(F)ccc1N1CCCC2CCCC21. The fourth-order valence-electron chi connectivity index (χ4n) is 3.71. The second kappa shape index (κ2) is 5.08. The minimum atomic E-state index is -0.272. The predicted octanol–water partition coefficient (Wildman–Crippen LogP) is 3.23. The van der Waals surface area contributed by atoms with Crippen molar-refractivity contribution in [2.45, 2.75) is 38.1 Å². The van der Waals surface area contributed by atoms with Gasteiger partial charge in [-0.2, -0.15) is 0 Å². The molecule has 0 bridgehead atoms. The van der Waals surface area contributed by atoms with Crippen LogP contribution in [0.5, 0.6) is 0 Å².